The van der Waals surface area contributed by atoms with E-state index in [-0.39, 0.29) is 36.1 Å². The summed E-state index contributed by atoms with van der Waals surface area (Å²) in [5, 5.41) is 9.16. The fraction of sp³-hybridized carbons (Fsp3) is 0.333. The Bertz CT molecular complexity index is 861. The number of carbonyl (C=O) groups is 2. The molecule has 1 aliphatic rings. The number of likely N-dealkylation sites (tertiary alicyclic amines) is 1. The number of halogens is 3. The standard InChI is InChI=1S/C18H16F3NO5/c1-10-8-22(9-12(10)17(24)25)16(23)15-7-6-13(26-15)11-4-2-3-5-14(11)27-18(19,20)21/h2-7,10,12H,8-9H2,1H3,(H,24,25)/t10-,12-/m1/s1. The van der Waals surface area contributed by atoms with Crippen molar-refractivity contribution < 1.29 is 37.0 Å². The van der Waals surface area contributed by atoms with Gasteiger partial charge in [-0.05, 0) is 30.2 Å². The first-order valence-electron chi connectivity index (χ1n) is 8.13. The van der Waals surface area contributed by atoms with Crippen LogP contribution in [-0.2, 0) is 4.79 Å². The summed E-state index contributed by atoms with van der Waals surface area (Å²) in [5.74, 6) is -2.84. The molecule has 1 aromatic heterocycles. The van der Waals surface area contributed by atoms with Crippen LogP contribution in [0, 0.1) is 11.8 Å². The highest BCUT2D eigenvalue weighted by molar-refractivity contribution is 5.93. The van der Waals surface area contributed by atoms with E-state index < -0.39 is 29.9 Å². The topological polar surface area (TPSA) is 80.0 Å². The van der Waals surface area contributed by atoms with Crippen LogP contribution in [0.5, 0.6) is 5.75 Å². The number of benzene rings is 1. The minimum atomic E-state index is -4.86. The van der Waals surface area contributed by atoms with Crippen molar-refractivity contribution in [2.45, 2.75) is 13.3 Å². The monoisotopic (exact) mass is 383 g/mol. The molecule has 144 valence electrons. The summed E-state index contributed by atoms with van der Waals surface area (Å²) in [4.78, 5) is 25.1. The van der Waals surface area contributed by atoms with Crippen LogP contribution < -0.4 is 4.74 Å². The summed E-state index contributed by atoms with van der Waals surface area (Å²) in [7, 11) is 0. The summed E-state index contributed by atoms with van der Waals surface area (Å²) < 4.78 is 47.1. The van der Waals surface area contributed by atoms with Crippen LogP contribution in [0.2, 0.25) is 0 Å². The molecule has 1 aromatic carbocycles. The van der Waals surface area contributed by atoms with Crippen molar-refractivity contribution in [1.82, 2.24) is 4.90 Å². The van der Waals surface area contributed by atoms with Gasteiger partial charge in [0.25, 0.3) is 5.91 Å². The van der Waals surface area contributed by atoms with Gasteiger partial charge in [0.2, 0.25) is 0 Å². The first kappa shape index (κ1) is 18.8. The quantitative estimate of drug-likeness (QED) is 0.872. The van der Waals surface area contributed by atoms with Gasteiger partial charge in [-0.2, -0.15) is 0 Å². The number of furan rings is 1. The van der Waals surface area contributed by atoms with E-state index in [1.165, 1.54) is 35.2 Å². The number of hydrogen-bond acceptors (Lipinski definition) is 4. The van der Waals surface area contributed by atoms with Crippen molar-refractivity contribution in [2.24, 2.45) is 11.8 Å². The maximum absolute atomic E-state index is 12.6. The summed E-state index contributed by atoms with van der Waals surface area (Å²) in [6.45, 7) is 2.06. The van der Waals surface area contributed by atoms with E-state index in [1.807, 2.05) is 0 Å². The molecule has 2 heterocycles. The van der Waals surface area contributed by atoms with Gasteiger partial charge in [0.1, 0.15) is 11.5 Å². The molecule has 0 unspecified atom stereocenters. The average Bonchev–Trinajstić information content (AvgIpc) is 3.20. The number of hydrogen-bond donors (Lipinski definition) is 1. The van der Waals surface area contributed by atoms with Gasteiger partial charge >= 0.3 is 12.3 Å². The second-order valence-corrected chi connectivity index (χ2v) is 6.34. The van der Waals surface area contributed by atoms with Gasteiger partial charge < -0.3 is 19.2 Å². The lowest BCUT2D eigenvalue weighted by Crippen LogP contribution is -2.29. The lowest BCUT2D eigenvalue weighted by Gasteiger charge is -2.14. The van der Waals surface area contributed by atoms with E-state index in [1.54, 1.807) is 6.92 Å². The number of aliphatic carboxylic acids is 1. The van der Waals surface area contributed by atoms with Crippen LogP contribution in [0.15, 0.2) is 40.8 Å². The zero-order valence-corrected chi connectivity index (χ0v) is 14.2. The van der Waals surface area contributed by atoms with E-state index in [0.717, 1.165) is 6.07 Å². The average molecular weight is 383 g/mol. The number of ether oxygens (including phenoxy) is 1. The van der Waals surface area contributed by atoms with Crippen LogP contribution in [-0.4, -0.2) is 41.3 Å². The first-order valence-corrected chi connectivity index (χ1v) is 8.13. The number of carbonyl (C=O) groups excluding carboxylic acids is 1. The summed E-state index contributed by atoms with van der Waals surface area (Å²) in [6, 6.07) is 8.15. The van der Waals surface area contributed by atoms with Crippen LogP contribution in [0.1, 0.15) is 17.5 Å². The largest absolute Gasteiger partial charge is 0.573 e. The molecule has 2 atom stereocenters. The normalized spacial score (nSPS) is 19.9. The zero-order chi connectivity index (χ0) is 19.8. The Balaban J connectivity index is 1.82. The molecular formula is C18H16F3NO5. The van der Waals surface area contributed by atoms with E-state index >= 15 is 0 Å². The number of alkyl halides is 3. The molecule has 0 saturated carbocycles. The SMILES string of the molecule is C[C@@H]1CN(C(=O)c2ccc(-c3ccccc3OC(F)(F)F)o2)C[C@H]1C(=O)O. The summed E-state index contributed by atoms with van der Waals surface area (Å²) in [6.07, 6.45) is -4.86. The van der Waals surface area contributed by atoms with Gasteiger partial charge in [0, 0.05) is 13.1 Å². The Morgan fingerprint density at radius 3 is 2.52 bits per heavy atom. The molecule has 1 amide bonds. The highest BCUT2D eigenvalue weighted by Crippen LogP contribution is 2.35. The highest BCUT2D eigenvalue weighted by atomic mass is 19.4. The molecule has 1 fully saturated rings. The number of nitrogens with zero attached hydrogens (tertiary/aromatic N) is 1. The molecule has 1 aliphatic heterocycles. The number of carboxylic acid groups (broad SMARTS) is 1. The molecule has 9 heteroatoms. The number of carboxylic acids is 1. The smallest absolute Gasteiger partial charge is 0.481 e. The third-order valence-electron chi connectivity index (χ3n) is 4.41. The van der Waals surface area contributed by atoms with Crippen LogP contribution >= 0.6 is 0 Å². The van der Waals surface area contributed by atoms with E-state index in [9.17, 15) is 22.8 Å². The van der Waals surface area contributed by atoms with E-state index in [2.05, 4.69) is 4.74 Å². The third kappa shape index (κ3) is 4.07. The Hall–Kier alpha value is -2.97. The van der Waals surface area contributed by atoms with E-state index in [0.29, 0.717) is 0 Å². The van der Waals surface area contributed by atoms with Crippen molar-refractivity contribution in [1.29, 1.82) is 0 Å². The highest BCUT2D eigenvalue weighted by Gasteiger charge is 2.38. The lowest BCUT2D eigenvalue weighted by molar-refractivity contribution is -0.274. The van der Waals surface area contributed by atoms with Crippen molar-refractivity contribution in [3.63, 3.8) is 0 Å². The molecule has 0 bridgehead atoms. The fourth-order valence-corrected chi connectivity index (χ4v) is 3.09. The number of amides is 1. The predicted octanol–water partition coefficient (Wildman–Crippen LogP) is 3.64. The zero-order valence-electron chi connectivity index (χ0n) is 14.2. The minimum absolute atomic E-state index is 0.0419. The Morgan fingerprint density at radius 2 is 1.89 bits per heavy atom. The lowest BCUT2D eigenvalue weighted by atomic mass is 9.99. The Morgan fingerprint density at radius 1 is 1.19 bits per heavy atom. The van der Waals surface area contributed by atoms with Gasteiger partial charge in [-0.1, -0.05) is 19.1 Å². The maximum Gasteiger partial charge on any atom is 0.573 e. The molecule has 0 radical (unpaired) electrons. The molecule has 6 nitrogen and oxygen atoms in total. The fourth-order valence-electron chi connectivity index (χ4n) is 3.09. The third-order valence-corrected chi connectivity index (χ3v) is 4.41. The van der Waals surface area contributed by atoms with Crippen molar-refractivity contribution in [3.8, 4) is 17.1 Å². The Kier molecular flexibility index (Phi) is 4.86. The van der Waals surface area contributed by atoms with Gasteiger partial charge in [-0.15, -0.1) is 13.2 Å². The number of para-hydroxylation sites is 1. The molecule has 0 aliphatic carbocycles. The van der Waals surface area contributed by atoms with Gasteiger partial charge in [-0.3, -0.25) is 9.59 Å². The second kappa shape index (κ2) is 6.98. The van der Waals surface area contributed by atoms with Crippen LogP contribution in [0.4, 0.5) is 13.2 Å². The minimum Gasteiger partial charge on any atom is -0.481 e. The summed E-state index contributed by atoms with van der Waals surface area (Å²) in [5.41, 5.74) is 0.0482. The van der Waals surface area contributed by atoms with Crippen LogP contribution in [0.25, 0.3) is 11.3 Å². The van der Waals surface area contributed by atoms with Crippen molar-refractivity contribution >= 4 is 11.9 Å². The molecular weight excluding hydrogens is 367 g/mol. The molecule has 1 saturated heterocycles. The molecule has 1 N–H and O–H groups in total. The Labute approximate surface area is 152 Å². The van der Waals surface area contributed by atoms with E-state index in [4.69, 9.17) is 9.52 Å². The molecule has 3 rings (SSSR count). The van der Waals surface area contributed by atoms with Crippen molar-refractivity contribution in [3.05, 3.63) is 42.2 Å². The van der Waals surface area contributed by atoms with Crippen molar-refractivity contribution in [2.75, 3.05) is 13.1 Å². The second-order valence-electron chi connectivity index (χ2n) is 6.34. The molecule has 0 spiro atoms. The predicted molar refractivity (Wildman–Crippen MR) is 87.0 cm³/mol. The van der Waals surface area contributed by atoms with Gasteiger partial charge in [-0.25, -0.2) is 0 Å². The maximum atomic E-state index is 12.6. The molecule has 27 heavy (non-hydrogen) atoms. The first-order chi connectivity index (χ1) is 12.7. The van der Waals surface area contributed by atoms with Gasteiger partial charge in [0.05, 0.1) is 11.5 Å². The molecule has 2 aromatic rings. The number of rotatable bonds is 4. The van der Waals surface area contributed by atoms with Gasteiger partial charge in [0.15, 0.2) is 5.76 Å². The van der Waals surface area contributed by atoms with Crippen LogP contribution in [0.3, 0.4) is 0 Å². The summed E-state index contributed by atoms with van der Waals surface area (Å²) >= 11 is 0.